The molecule has 1 aromatic rings. The number of benzene rings is 1. The van der Waals surface area contributed by atoms with Gasteiger partial charge in [0.15, 0.2) is 0 Å². The van der Waals surface area contributed by atoms with Crippen LogP contribution >= 0.6 is 0 Å². The lowest BCUT2D eigenvalue weighted by molar-refractivity contribution is -0.136. The molecule has 0 saturated carbocycles. The molecule has 0 amide bonds. The van der Waals surface area contributed by atoms with Crippen molar-refractivity contribution in [1.29, 1.82) is 0 Å². The fourth-order valence-corrected chi connectivity index (χ4v) is 0.903. The lowest BCUT2D eigenvalue weighted by Crippen LogP contribution is -1.96. The lowest BCUT2D eigenvalue weighted by atomic mass is 10.1. The predicted molar refractivity (Wildman–Crippen MR) is 43.4 cm³/mol. The predicted octanol–water partition coefficient (Wildman–Crippen LogP) is 0.870. The number of carbonyl (C=O) groups excluding carboxylic acids is 1. The smallest absolute Gasteiger partial charge is 0.516 e. The van der Waals surface area contributed by atoms with E-state index >= 15 is 0 Å². The van der Waals surface area contributed by atoms with Crippen LogP contribution in [0.4, 0.5) is 0 Å². The molecule has 0 aliphatic carbocycles. The molecule has 2 nitrogen and oxygen atoms in total. The average Bonchev–Trinajstić information content (AvgIpc) is 2.03. The molecule has 58 valence electrons. The molecule has 0 aromatic heterocycles. The molecule has 2 N–H and O–H groups in total. The molecule has 2 heteroatoms. The highest BCUT2D eigenvalue weighted by atomic mass is 16.4. The first kappa shape index (κ1) is 7.79. The first-order valence-corrected chi connectivity index (χ1v) is 3.57. The zero-order valence-electron chi connectivity index (χ0n) is 6.21. The second-order valence-electron chi connectivity index (χ2n) is 2.41. The number of aryl methyl sites for hydroxylation is 1. The monoisotopic (exact) mass is 151 g/mol. The van der Waals surface area contributed by atoms with E-state index in [9.17, 15) is 4.79 Å². The average molecular weight is 151 g/mol. The summed E-state index contributed by atoms with van der Waals surface area (Å²) in [6.45, 7) is 0. The molecule has 1 rings (SSSR count). The van der Waals surface area contributed by atoms with Crippen LogP contribution in [0.25, 0.3) is 0 Å². The molecule has 0 heterocycles. The second kappa shape index (κ2) is 3.76. The van der Waals surface area contributed by atoms with Crippen LogP contribution < -0.4 is 0 Å². The van der Waals surface area contributed by atoms with Gasteiger partial charge in [0, 0.05) is 4.79 Å². The Morgan fingerprint density at radius 1 is 1.27 bits per heavy atom. The number of hydrogen-bond donors (Lipinski definition) is 0. The third kappa shape index (κ3) is 2.85. The Morgan fingerprint density at radius 3 is 2.45 bits per heavy atom. The number of carbonyl (C=O) groups is 1. The summed E-state index contributed by atoms with van der Waals surface area (Å²) in [5, 5.41) is 6.69. The highest BCUT2D eigenvalue weighted by Crippen LogP contribution is 2.01. The molecule has 0 saturated heterocycles. The fraction of sp³-hybridized carbons (Fsp3) is 0.222. The van der Waals surface area contributed by atoms with Gasteiger partial charge in [0.05, 0.1) is 0 Å². The van der Waals surface area contributed by atoms with Gasteiger partial charge in [0.2, 0.25) is 0 Å². The summed E-state index contributed by atoms with van der Waals surface area (Å²) in [6.07, 6.45) is 1.01. The van der Waals surface area contributed by atoms with Gasteiger partial charge in [0.25, 0.3) is 0 Å². The maximum absolute atomic E-state index is 10.3. The molecule has 0 bridgehead atoms. The minimum Gasteiger partial charge on any atom is -0.565 e. The van der Waals surface area contributed by atoms with E-state index in [0.29, 0.717) is 12.8 Å². The molecular weight excluding hydrogens is 140 g/mol. The van der Waals surface area contributed by atoms with E-state index in [-0.39, 0.29) is 0 Å². The minimum atomic E-state index is -0.492. The summed E-state index contributed by atoms with van der Waals surface area (Å²) in [5.41, 5.74) is 1.12. The maximum Gasteiger partial charge on any atom is 0.516 e. The maximum atomic E-state index is 10.3. The molecule has 0 radical (unpaired) electrons. The summed E-state index contributed by atoms with van der Waals surface area (Å²) in [6, 6.07) is 9.73. The number of rotatable bonds is 3. The largest absolute Gasteiger partial charge is 0.565 e. The van der Waals surface area contributed by atoms with E-state index < -0.39 is 5.97 Å². The molecule has 0 unspecified atom stereocenters. The van der Waals surface area contributed by atoms with Crippen LogP contribution in [0.2, 0.25) is 0 Å². The molecular formula is C9H11O2+. The van der Waals surface area contributed by atoms with Gasteiger partial charge in [-0.05, 0) is 12.0 Å². The van der Waals surface area contributed by atoms with Crippen LogP contribution in [0, 0.1) is 0 Å². The van der Waals surface area contributed by atoms with Crippen molar-refractivity contribution in [3.8, 4) is 0 Å². The molecule has 11 heavy (non-hydrogen) atoms. The third-order valence-electron chi connectivity index (χ3n) is 1.48. The van der Waals surface area contributed by atoms with Crippen LogP contribution in [0.3, 0.4) is 0 Å². The van der Waals surface area contributed by atoms with Gasteiger partial charge in [0.1, 0.15) is 6.42 Å². The van der Waals surface area contributed by atoms with E-state index in [1.807, 2.05) is 30.3 Å². The molecule has 0 aliphatic rings. The fourth-order valence-electron chi connectivity index (χ4n) is 0.903. The zero-order chi connectivity index (χ0) is 8.10. The van der Waals surface area contributed by atoms with Gasteiger partial charge in [-0.3, -0.25) is 0 Å². The highest BCUT2D eigenvalue weighted by Gasteiger charge is 2.04. The van der Waals surface area contributed by atoms with Crippen LogP contribution in [-0.2, 0) is 11.2 Å². The Bertz CT molecular complexity index is 229. The number of hydrogen-bond acceptors (Lipinski definition) is 1. The normalized spacial score (nSPS) is 9.45. The van der Waals surface area contributed by atoms with Crippen molar-refractivity contribution in [2.45, 2.75) is 12.8 Å². The molecule has 0 atom stereocenters. The van der Waals surface area contributed by atoms with Crippen molar-refractivity contribution < 1.29 is 9.90 Å². The van der Waals surface area contributed by atoms with Crippen molar-refractivity contribution >= 4 is 5.97 Å². The Kier molecular flexibility index (Phi) is 2.66. The first-order valence-electron chi connectivity index (χ1n) is 3.57. The van der Waals surface area contributed by atoms with Gasteiger partial charge in [-0.1, -0.05) is 30.3 Å². The third-order valence-corrected chi connectivity index (χ3v) is 1.48. The van der Waals surface area contributed by atoms with Crippen molar-refractivity contribution in [2.75, 3.05) is 0 Å². The molecule has 0 aliphatic heterocycles. The standard InChI is InChI=1S/C9H10O2/c10-9(11)7-6-8-4-2-1-3-5-8/h1-5H,6-7H2,(H,10,11)/p+1. The Hall–Kier alpha value is -1.31. The van der Waals surface area contributed by atoms with Crippen molar-refractivity contribution in [1.82, 2.24) is 0 Å². The van der Waals surface area contributed by atoms with Crippen molar-refractivity contribution in [2.24, 2.45) is 0 Å². The van der Waals surface area contributed by atoms with Crippen LogP contribution in [0.5, 0.6) is 0 Å². The summed E-state index contributed by atoms with van der Waals surface area (Å²) >= 11 is 0. The summed E-state index contributed by atoms with van der Waals surface area (Å²) in [7, 11) is 0. The lowest BCUT2D eigenvalue weighted by Gasteiger charge is -1.93. The second-order valence-corrected chi connectivity index (χ2v) is 2.41. The quantitative estimate of drug-likeness (QED) is 0.591. The van der Waals surface area contributed by atoms with Crippen LogP contribution in [-0.4, -0.2) is 11.1 Å². The minimum absolute atomic E-state index is 0.323. The van der Waals surface area contributed by atoms with Gasteiger partial charge in [-0.15, -0.1) is 0 Å². The Morgan fingerprint density at radius 2 is 1.91 bits per heavy atom. The van der Waals surface area contributed by atoms with Crippen LogP contribution in [0.1, 0.15) is 12.0 Å². The summed E-state index contributed by atoms with van der Waals surface area (Å²) < 4.78 is 0. The Labute approximate surface area is 65.5 Å². The van der Waals surface area contributed by atoms with Crippen molar-refractivity contribution in [3.63, 3.8) is 0 Å². The summed E-state index contributed by atoms with van der Waals surface area (Å²) in [4.78, 5) is 10.3. The van der Waals surface area contributed by atoms with E-state index in [1.165, 1.54) is 0 Å². The van der Waals surface area contributed by atoms with E-state index in [0.717, 1.165) is 5.56 Å². The van der Waals surface area contributed by atoms with E-state index in [1.54, 1.807) is 0 Å². The molecule has 1 aromatic carbocycles. The first-order chi connectivity index (χ1) is 5.29. The molecule has 0 spiro atoms. The Balaban J connectivity index is 2.45. The van der Waals surface area contributed by atoms with Gasteiger partial charge >= 0.3 is 5.97 Å². The van der Waals surface area contributed by atoms with E-state index in [4.69, 9.17) is 5.11 Å². The van der Waals surface area contributed by atoms with Crippen LogP contribution in [0.15, 0.2) is 30.3 Å². The highest BCUT2D eigenvalue weighted by molar-refractivity contribution is 5.67. The van der Waals surface area contributed by atoms with Gasteiger partial charge in [-0.25, -0.2) is 0 Å². The zero-order valence-corrected chi connectivity index (χ0v) is 6.21. The van der Waals surface area contributed by atoms with Crippen molar-refractivity contribution in [3.05, 3.63) is 35.9 Å². The van der Waals surface area contributed by atoms with Gasteiger partial charge in [-0.2, -0.15) is 0 Å². The van der Waals surface area contributed by atoms with E-state index in [2.05, 4.69) is 0 Å². The topological polar surface area (TPSA) is 40.0 Å². The summed E-state index contributed by atoms with van der Waals surface area (Å²) in [5.74, 6) is -0.492. The SMILES string of the molecule is O=C([OH2+])CCc1ccccc1. The van der Waals surface area contributed by atoms with Gasteiger partial charge < -0.3 is 5.11 Å². The molecule has 0 fully saturated rings.